The van der Waals surface area contributed by atoms with Crippen molar-refractivity contribution in [3.63, 3.8) is 0 Å². The largest absolute Gasteiger partial charge is 0.388 e. The van der Waals surface area contributed by atoms with Crippen LogP contribution in [0.3, 0.4) is 0 Å². The zero-order valence-corrected chi connectivity index (χ0v) is 12.3. The van der Waals surface area contributed by atoms with E-state index in [1.54, 1.807) is 0 Å². The molecule has 0 radical (unpaired) electrons. The maximum absolute atomic E-state index is 12.2. The third-order valence-electron chi connectivity index (χ3n) is 4.08. The second-order valence-electron chi connectivity index (χ2n) is 5.75. The maximum Gasteiger partial charge on any atom is 0.227 e. The van der Waals surface area contributed by atoms with Gasteiger partial charge in [0.2, 0.25) is 5.91 Å². The lowest BCUT2D eigenvalue weighted by Gasteiger charge is -2.21. The Bertz CT molecular complexity index is 438. The fourth-order valence-electron chi connectivity index (χ4n) is 2.87. The van der Waals surface area contributed by atoms with Crippen molar-refractivity contribution in [2.45, 2.75) is 58.0 Å². The molecule has 2 rings (SSSR count). The van der Waals surface area contributed by atoms with Crippen LogP contribution in [0.4, 0.5) is 5.69 Å². The van der Waals surface area contributed by atoms with Gasteiger partial charge in [-0.05, 0) is 37.0 Å². The quantitative estimate of drug-likeness (QED) is 0.852. The highest BCUT2D eigenvalue weighted by molar-refractivity contribution is 5.92. The molecule has 0 spiro atoms. The van der Waals surface area contributed by atoms with Crippen LogP contribution in [0, 0.1) is 5.92 Å². The number of nitrogens with one attached hydrogen (secondary N) is 1. The molecule has 1 aliphatic rings. The highest BCUT2D eigenvalue weighted by Crippen LogP contribution is 2.26. The molecule has 0 aromatic heterocycles. The third-order valence-corrected chi connectivity index (χ3v) is 4.08. The summed E-state index contributed by atoms with van der Waals surface area (Å²) in [7, 11) is 0. The van der Waals surface area contributed by atoms with E-state index in [1.807, 2.05) is 24.3 Å². The second kappa shape index (κ2) is 7.44. The van der Waals surface area contributed by atoms with Gasteiger partial charge in [0.25, 0.3) is 0 Å². The number of carbonyl (C=O) groups is 1. The number of rotatable bonds is 5. The van der Waals surface area contributed by atoms with Crippen molar-refractivity contribution in [3.8, 4) is 0 Å². The average molecular weight is 275 g/mol. The molecule has 0 saturated heterocycles. The molecule has 1 aromatic rings. The molecule has 0 bridgehead atoms. The predicted molar refractivity (Wildman–Crippen MR) is 81.5 cm³/mol. The van der Waals surface area contributed by atoms with Gasteiger partial charge in [0.15, 0.2) is 0 Å². The number of aliphatic hydroxyl groups is 1. The molecule has 0 aliphatic heterocycles. The molecular weight excluding hydrogens is 250 g/mol. The van der Waals surface area contributed by atoms with Gasteiger partial charge in [0, 0.05) is 11.6 Å². The van der Waals surface area contributed by atoms with Gasteiger partial charge in [-0.1, -0.05) is 44.7 Å². The Hall–Kier alpha value is -1.35. The molecule has 3 heteroatoms. The second-order valence-corrected chi connectivity index (χ2v) is 5.75. The standard InChI is InChI=1S/C17H25NO2/c1-2-7-16(19)14-10-6-11-15(12-14)18-17(20)13-8-4-3-5-9-13/h6,10-13,16,19H,2-5,7-9H2,1H3,(H,18,20). The highest BCUT2D eigenvalue weighted by Gasteiger charge is 2.21. The van der Waals surface area contributed by atoms with Crippen LogP contribution in [0.1, 0.15) is 63.5 Å². The van der Waals surface area contributed by atoms with E-state index in [1.165, 1.54) is 6.42 Å². The molecule has 1 aliphatic carbocycles. The van der Waals surface area contributed by atoms with E-state index in [0.29, 0.717) is 0 Å². The Morgan fingerprint density at radius 2 is 2.10 bits per heavy atom. The summed E-state index contributed by atoms with van der Waals surface area (Å²) in [4.78, 5) is 12.2. The number of hydrogen-bond donors (Lipinski definition) is 2. The fraction of sp³-hybridized carbons (Fsp3) is 0.588. The van der Waals surface area contributed by atoms with Crippen molar-refractivity contribution in [1.82, 2.24) is 0 Å². The summed E-state index contributed by atoms with van der Waals surface area (Å²) in [5, 5.41) is 13.0. The monoisotopic (exact) mass is 275 g/mol. The van der Waals surface area contributed by atoms with Crippen LogP contribution in [0.25, 0.3) is 0 Å². The zero-order valence-electron chi connectivity index (χ0n) is 12.3. The maximum atomic E-state index is 12.2. The van der Waals surface area contributed by atoms with Gasteiger partial charge in [-0.2, -0.15) is 0 Å². The van der Waals surface area contributed by atoms with Gasteiger partial charge in [0.1, 0.15) is 0 Å². The molecule has 20 heavy (non-hydrogen) atoms. The van der Waals surface area contributed by atoms with E-state index >= 15 is 0 Å². The van der Waals surface area contributed by atoms with Crippen molar-refractivity contribution >= 4 is 11.6 Å². The predicted octanol–water partition coefficient (Wildman–Crippen LogP) is 4.04. The molecule has 1 amide bonds. The summed E-state index contributed by atoms with van der Waals surface area (Å²) < 4.78 is 0. The van der Waals surface area contributed by atoms with Gasteiger partial charge in [-0.3, -0.25) is 4.79 Å². The normalized spacial score (nSPS) is 17.7. The number of anilines is 1. The van der Waals surface area contributed by atoms with E-state index in [4.69, 9.17) is 0 Å². The van der Waals surface area contributed by atoms with Crippen molar-refractivity contribution in [1.29, 1.82) is 0 Å². The molecule has 2 N–H and O–H groups in total. The first-order valence-corrected chi connectivity index (χ1v) is 7.79. The van der Waals surface area contributed by atoms with E-state index in [9.17, 15) is 9.90 Å². The first-order valence-electron chi connectivity index (χ1n) is 7.79. The first-order chi connectivity index (χ1) is 9.70. The lowest BCUT2D eigenvalue weighted by atomic mass is 9.88. The molecule has 1 unspecified atom stereocenters. The molecular formula is C17H25NO2. The zero-order chi connectivity index (χ0) is 14.4. The van der Waals surface area contributed by atoms with Gasteiger partial charge in [-0.15, -0.1) is 0 Å². The summed E-state index contributed by atoms with van der Waals surface area (Å²) >= 11 is 0. The van der Waals surface area contributed by atoms with E-state index in [2.05, 4.69) is 12.2 Å². The Balaban J connectivity index is 1.98. The molecule has 3 nitrogen and oxygen atoms in total. The Morgan fingerprint density at radius 1 is 1.35 bits per heavy atom. The summed E-state index contributed by atoms with van der Waals surface area (Å²) in [6, 6.07) is 7.59. The lowest BCUT2D eigenvalue weighted by Crippen LogP contribution is -2.24. The molecule has 0 heterocycles. The van der Waals surface area contributed by atoms with Gasteiger partial charge < -0.3 is 10.4 Å². The number of amides is 1. The van der Waals surface area contributed by atoms with Crippen molar-refractivity contribution in [3.05, 3.63) is 29.8 Å². The van der Waals surface area contributed by atoms with Crippen molar-refractivity contribution < 1.29 is 9.90 Å². The SMILES string of the molecule is CCCC(O)c1cccc(NC(=O)C2CCCCC2)c1. The smallest absolute Gasteiger partial charge is 0.227 e. The minimum atomic E-state index is -0.438. The van der Waals surface area contributed by atoms with Gasteiger partial charge in [0.05, 0.1) is 6.10 Å². The molecule has 1 atom stereocenters. The summed E-state index contributed by atoms with van der Waals surface area (Å²) in [6.45, 7) is 2.05. The molecule has 1 saturated carbocycles. The minimum absolute atomic E-state index is 0.131. The summed E-state index contributed by atoms with van der Waals surface area (Å²) in [5.74, 6) is 0.291. The Morgan fingerprint density at radius 3 is 2.80 bits per heavy atom. The van der Waals surface area contributed by atoms with E-state index in [0.717, 1.165) is 49.8 Å². The summed E-state index contributed by atoms with van der Waals surface area (Å²) in [5.41, 5.74) is 1.68. The van der Waals surface area contributed by atoms with Gasteiger partial charge in [-0.25, -0.2) is 0 Å². The van der Waals surface area contributed by atoms with Crippen LogP contribution in [0.2, 0.25) is 0 Å². The van der Waals surface area contributed by atoms with E-state index < -0.39 is 6.10 Å². The highest BCUT2D eigenvalue weighted by atomic mass is 16.3. The minimum Gasteiger partial charge on any atom is -0.388 e. The Kier molecular flexibility index (Phi) is 5.60. The van der Waals surface area contributed by atoms with Gasteiger partial charge >= 0.3 is 0 Å². The van der Waals surface area contributed by atoms with Crippen LogP contribution in [0.5, 0.6) is 0 Å². The van der Waals surface area contributed by atoms with Crippen molar-refractivity contribution in [2.24, 2.45) is 5.92 Å². The summed E-state index contributed by atoms with van der Waals surface area (Å²) in [6.07, 6.45) is 6.84. The molecule has 110 valence electrons. The number of hydrogen-bond acceptors (Lipinski definition) is 2. The molecule has 1 aromatic carbocycles. The van der Waals surface area contributed by atoms with Crippen LogP contribution in [-0.4, -0.2) is 11.0 Å². The fourth-order valence-corrected chi connectivity index (χ4v) is 2.87. The topological polar surface area (TPSA) is 49.3 Å². The average Bonchev–Trinajstić information content (AvgIpc) is 2.48. The third kappa shape index (κ3) is 4.07. The van der Waals surface area contributed by atoms with Crippen molar-refractivity contribution in [2.75, 3.05) is 5.32 Å². The van der Waals surface area contributed by atoms with E-state index in [-0.39, 0.29) is 11.8 Å². The van der Waals surface area contributed by atoms with Crippen LogP contribution < -0.4 is 5.32 Å². The first kappa shape index (κ1) is 15.0. The Labute approximate surface area is 121 Å². The number of benzene rings is 1. The number of carbonyl (C=O) groups excluding carboxylic acids is 1. The molecule has 1 fully saturated rings. The lowest BCUT2D eigenvalue weighted by molar-refractivity contribution is -0.120. The van der Waals surface area contributed by atoms with Crippen LogP contribution in [0.15, 0.2) is 24.3 Å². The van der Waals surface area contributed by atoms with Crippen LogP contribution in [-0.2, 0) is 4.79 Å². The van der Waals surface area contributed by atoms with Crippen LogP contribution >= 0.6 is 0 Å². The number of aliphatic hydroxyl groups excluding tert-OH is 1.